The van der Waals surface area contributed by atoms with Gasteiger partial charge in [0.05, 0.1) is 25.1 Å². The van der Waals surface area contributed by atoms with Crippen LogP contribution in [0.3, 0.4) is 0 Å². The standard InChI is InChI=1S/C16H30O5S/c1-6-7-16(20-8-9-21-16)10-13(17)12(2)14(18)11-22(19)15(3,4)5/h12-13,17H,6-11H2,1-5H3/t12-,13+,22-/m1/s1. The third kappa shape index (κ3) is 5.41. The summed E-state index contributed by atoms with van der Waals surface area (Å²) in [6.07, 6.45) is 0.992. The second kappa shape index (κ2) is 7.99. The van der Waals surface area contributed by atoms with Gasteiger partial charge in [0, 0.05) is 34.3 Å². The van der Waals surface area contributed by atoms with E-state index in [0.717, 1.165) is 6.42 Å². The van der Waals surface area contributed by atoms with Crippen LogP contribution in [0.25, 0.3) is 0 Å². The number of carbonyl (C=O) groups excluding carboxylic acids is 1. The predicted molar refractivity (Wildman–Crippen MR) is 87.1 cm³/mol. The molecule has 0 unspecified atom stereocenters. The lowest BCUT2D eigenvalue weighted by Gasteiger charge is -2.31. The van der Waals surface area contributed by atoms with Crippen molar-refractivity contribution in [2.45, 2.75) is 70.5 Å². The molecular weight excluding hydrogens is 304 g/mol. The molecule has 1 heterocycles. The SMILES string of the molecule is CCCC1(C[C@H](O)[C@@H](C)C(=O)C[S@@](=O)C(C)(C)C)OCCO1. The monoisotopic (exact) mass is 334 g/mol. The molecule has 1 aliphatic heterocycles. The van der Waals surface area contributed by atoms with E-state index in [9.17, 15) is 14.1 Å². The summed E-state index contributed by atoms with van der Waals surface area (Å²) in [7, 11) is -1.25. The van der Waals surface area contributed by atoms with E-state index in [2.05, 4.69) is 0 Å². The molecular formula is C16H30O5S. The van der Waals surface area contributed by atoms with Crippen molar-refractivity contribution in [2.75, 3.05) is 19.0 Å². The Balaban J connectivity index is 2.62. The van der Waals surface area contributed by atoms with Crippen LogP contribution in [0.5, 0.6) is 0 Å². The first-order valence-corrected chi connectivity index (χ1v) is 9.30. The number of Topliss-reactive ketones (excluding diaryl/α,β-unsaturated/α-hetero) is 1. The normalized spacial score (nSPS) is 22.3. The number of hydrogen-bond acceptors (Lipinski definition) is 5. The van der Waals surface area contributed by atoms with Crippen molar-refractivity contribution in [1.29, 1.82) is 0 Å². The third-order valence-electron chi connectivity index (χ3n) is 4.01. The molecule has 0 aliphatic carbocycles. The first-order valence-electron chi connectivity index (χ1n) is 7.98. The van der Waals surface area contributed by atoms with Gasteiger partial charge in [-0.1, -0.05) is 20.3 Å². The Bertz CT molecular complexity index is 396. The largest absolute Gasteiger partial charge is 0.392 e. The minimum Gasteiger partial charge on any atom is -0.392 e. The summed E-state index contributed by atoms with van der Waals surface area (Å²) in [5.74, 6) is -1.55. The molecule has 3 atom stereocenters. The van der Waals surface area contributed by atoms with Crippen molar-refractivity contribution in [1.82, 2.24) is 0 Å². The third-order valence-corrected chi connectivity index (χ3v) is 5.92. The molecule has 5 nitrogen and oxygen atoms in total. The lowest BCUT2D eigenvalue weighted by atomic mass is 9.92. The maximum Gasteiger partial charge on any atom is 0.170 e. The highest BCUT2D eigenvalue weighted by atomic mass is 32.2. The van der Waals surface area contributed by atoms with Crippen LogP contribution in [0.2, 0.25) is 0 Å². The van der Waals surface area contributed by atoms with Crippen molar-refractivity contribution in [2.24, 2.45) is 5.92 Å². The zero-order chi connectivity index (χ0) is 17.0. The average molecular weight is 334 g/mol. The molecule has 1 N–H and O–H groups in total. The zero-order valence-electron chi connectivity index (χ0n) is 14.4. The molecule has 0 amide bonds. The van der Waals surface area contributed by atoms with Gasteiger partial charge in [-0.15, -0.1) is 0 Å². The fourth-order valence-corrected chi connectivity index (χ4v) is 3.38. The van der Waals surface area contributed by atoms with E-state index in [4.69, 9.17) is 9.47 Å². The second-order valence-corrected chi connectivity index (χ2v) is 9.19. The van der Waals surface area contributed by atoms with Gasteiger partial charge in [-0.05, 0) is 20.8 Å². The molecule has 1 aliphatic rings. The van der Waals surface area contributed by atoms with Crippen LogP contribution >= 0.6 is 0 Å². The van der Waals surface area contributed by atoms with E-state index in [-0.39, 0.29) is 18.0 Å². The molecule has 22 heavy (non-hydrogen) atoms. The molecule has 0 saturated carbocycles. The van der Waals surface area contributed by atoms with Crippen molar-refractivity contribution in [3.05, 3.63) is 0 Å². The van der Waals surface area contributed by atoms with E-state index < -0.39 is 33.4 Å². The van der Waals surface area contributed by atoms with Crippen LogP contribution in [0, 0.1) is 5.92 Å². The number of ether oxygens (including phenoxy) is 2. The lowest BCUT2D eigenvalue weighted by molar-refractivity contribution is -0.185. The summed E-state index contributed by atoms with van der Waals surface area (Å²) < 4.78 is 23.0. The van der Waals surface area contributed by atoms with Gasteiger partial charge in [-0.3, -0.25) is 9.00 Å². The highest BCUT2D eigenvalue weighted by Gasteiger charge is 2.40. The highest BCUT2D eigenvalue weighted by Crippen LogP contribution is 2.32. The van der Waals surface area contributed by atoms with Crippen LogP contribution in [-0.2, 0) is 25.1 Å². The number of aliphatic hydroxyl groups excluding tert-OH is 1. The van der Waals surface area contributed by atoms with Crippen LogP contribution in [0.1, 0.15) is 53.9 Å². The van der Waals surface area contributed by atoms with Gasteiger partial charge in [0.2, 0.25) is 0 Å². The number of aliphatic hydroxyl groups is 1. The predicted octanol–water partition coefficient (Wildman–Crippen LogP) is 2.03. The molecule has 1 saturated heterocycles. The van der Waals surface area contributed by atoms with Crippen molar-refractivity contribution >= 4 is 16.6 Å². The fraction of sp³-hybridized carbons (Fsp3) is 0.938. The fourth-order valence-electron chi connectivity index (χ4n) is 2.43. The molecule has 0 aromatic rings. The molecule has 130 valence electrons. The summed E-state index contributed by atoms with van der Waals surface area (Å²) in [5, 5.41) is 10.4. The van der Waals surface area contributed by atoms with Crippen molar-refractivity contribution < 1.29 is 23.6 Å². The summed E-state index contributed by atoms with van der Waals surface area (Å²) >= 11 is 0. The zero-order valence-corrected chi connectivity index (χ0v) is 15.2. The van der Waals surface area contributed by atoms with Crippen LogP contribution in [0.4, 0.5) is 0 Å². The second-order valence-electron chi connectivity index (χ2n) is 6.99. The molecule has 1 fully saturated rings. The Kier molecular flexibility index (Phi) is 7.18. The van der Waals surface area contributed by atoms with Crippen LogP contribution < -0.4 is 0 Å². The van der Waals surface area contributed by atoms with E-state index in [1.165, 1.54) is 0 Å². The highest BCUT2D eigenvalue weighted by molar-refractivity contribution is 7.87. The van der Waals surface area contributed by atoms with Crippen molar-refractivity contribution in [3.63, 3.8) is 0 Å². The Morgan fingerprint density at radius 2 is 1.86 bits per heavy atom. The number of rotatable bonds is 8. The molecule has 0 spiro atoms. The van der Waals surface area contributed by atoms with Crippen LogP contribution in [0.15, 0.2) is 0 Å². The summed E-state index contributed by atoms with van der Waals surface area (Å²) in [5.41, 5.74) is 0. The van der Waals surface area contributed by atoms with E-state index in [1.54, 1.807) is 6.92 Å². The lowest BCUT2D eigenvalue weighted by Crippen LogP contribution is -2.40. The van der Waals surface area contributed by atoms with E-state index >= 15 is 0 Å². The minimum atomic E-state index is -1.25. The van der Waals surface area contributed by atoms with Gasteiger partial charge in [0.25, 0.3) is 0 Å². The molecule has 0 aromatic heterocycles. The smallest absolute Gasteiger partial charge is 0.170 e. The van der Waals surface area contributed by atoms with E-state index in [1.807, 2.05) is 27.7 Å². The molecule has 0 bridgehead atoms. The van der Waals surface area contributed by atoms with E-state index in [0.29, 0.717) is 19.6 Å². The van der Waals surface area contributed by atoms with Gasteiger partial charge >= 0.3 is 0 Å². The quantitative estimate of drug-likeness (QED) is 0.735. The van der Waals surface area contributed by atoms with Gasteiger partial charge in [-0.25, -0.2) is 0 Å². The Hall–Kier alpha value is -0.300. The van der Waals surface area contributed by atoms with Gasteiger partial charge in [0.15, 0.2) is 11.6 Å². The summed E-state index contributed by atoms with van der Waals surface area (Å²) in [6.45, 7) is 10.3. The molecule has 0 radical (unpaired) electrons. The maximum atomic E-state index is 12.2. The van der Waals surface area contributed by atoms with Gasteiger partial charge in [0.1, 0.15) is 0 Å². The van der Waals surface area contributed by atoms with Crippen LogP contribution in [-0.4, -0.2) is 50.7 Å². The molecule has 6 heteroatoms. The maximum absolute atomic E-state index is 12.2. The summed E-state index contributed by atoms with van der Waals surface area (Å²) in [4.78, 5) is 12.2. The first kappa shape index (κ1) is 19.7. The van der Waals surface area contributed by atoms with Gasteiger partial charge in [-0.2, -0.15) is 0 Å². The average Bonchev–Trinajstić information content (AvgIpc) is 2.85. The minimum absolute atomic E-state index is 0.0236. The first-order chi connectivity index (χ1) is 10.1. The Morgan fingerprint density at radius 3 is 2.32 bits per heavy atom. The van der Waals surface area contributed by atoms with Crippen molar-refractivity contribution in [3.8, 4) is 0 Å². The topological polar surface area (TPSA) is 72.8 Å². The Labute approximate surface area is 136 Å². The molecule has 0 aromatic carbocycles. The van der Waals surface area contributed by atoms with Gasteiger partial charge < -0.3 is 14.6 Å². The number of hydrogen-bond donors (Lipinski definition) is 1. The molecule has 1 rings (SSSR count). The number of carbonyl (C=O) groups is 1. The number of ketones is 1. The summed E-state index contributed by atoms with van der Waals surface area (Å²) in [6, 6.07) is 0. The Morgan fingerprint density at radius 1 is 1.32 bits per heavy atom.